The first kappa shape index (κ1) is 12.7. The highest BCUT2D eigenvalue weighted by atomic mass is 79.9. The molecule has 0 aromatic heterocycles. The van der Waals surface area contributed by atoms with Gasteiger partial charge >= 0.3 is 0 Å². The van der Waals surface area contributed by atoms with Gasteiger partial charge in [-0.1, -0.05) is 27.5 Å². The van der Waals surface area contributed by atoms with E-state index in [9.17, 15) is 0 Å². The first-order valence-electron chi connectivity index (χ1n) is 5.02. The lowest BCUT2D eigenvalue weighted by molar-refractivity contribution is 0.481. The van der Waals surface area contributed by atoms with Crippen LogP contribution >= 0.6 is 27.5 Å². The van der Waals surface area contributed by atoms with E-state index in [1.807, 2.05) is 6.07 Å². The molecule has 0 bridgehead atoms. The molecule has 18 heavy (non-hydrogen) atoms. The molecular formula is C13H8BrClN2O. The molecule has 2 rings (SSSR count). The maximum atomic E-state index is 9.01. The monoisotopic (exact) mass is 322 g/mol. The maximum absolute atomic E-state index is 9.01. The van der Waals surface area contributed by atoms with E-state index >= 15 is 0 Å². The Morgan fingerprint density at radius 1 is 1.22 bits per heavy atom. The summed E-state index contributed by atoms with van der Waals surface area (Å²) in [6, 6.07) is 12.1. The molecule has 0 spiro atoms. The number of halogens is 2. The van der Waals surface area contributed by atoms with E-state index in [-0.39, 0.29) is 0 Å². The highest BCUT2D eigenvalue weighted by molar-refractivity contribution is 9.10. The van der Waals surface area contributed by atoms with Crippen LogP contribution in [0.2, 0.25) is 5.02 Å². The van der Waals surface area contributed by atoms with Gasteiger partial charge in [0.1, 0.15) is 17.6 Å². The molecule has 0 saturated carbocycles. The average molecular weight is 324 g/mol. The largest absolute Gasteiger partial charge is 0.456 e. The Labute approximate surface area is 118 Å². The molecule has 90 valence electrons. The number of hydrogen-bond acceptors (Lipinski definition) is 3. The van der Waals surface area contributed by atoms with Crippen LogP contribution in [0, 0.1) is 11.3 Å². The van der Waals surface area contributed by atoms with Crippen molar-refractivity contribution in [2.75, 3.05) is 5.73 Å². The van der Waals surface area contributed by atoms with Crippen molar-refractivity contribution in [3.63, 3.8) is 0 Å². The van der Waals surface area contributed by atoms with Gasteiger partial charge in [-0.25, -0.2) is 0 Å². The van der Waals surface area contributed by atoms with Crippen LogP contribution in [-0.4, -0.2) is 0 Å². The van der Waals surface area contributed by atoms with E-state index in [1.54, 1.807) is 36.4 Å². The van der Waals surface area contributed by atoms with Crippen LogP contribution in [0.5, 0.6) is 11.5 Å². The summed E-state index contributed by atoms with van der Waals surface area (Å²) >= 11 is 9.14. The van der Waals surface area contributed by atoms with Crippen molar-refractivity contribution < 1.29 is 4.74 Å². The summed E-state index contributed by atoms with van der Waals surface area (Å²) in [5.74, 6) is 1.00. The summed E-state index contributed by atoms with van der Waals surface area (Å²) in [5, 5.41) is 9.50. The van der Waals surface area contributed by atoms with Crippen LogP contribution in [-0.2, 0) is 0 Å². The summed E-state index contributed by atoms with van der Waals surface area (Å²) in [5.41, 5.74) is 6.66. The standard InChI is InChI=1S/C13H8BrClN2O/c14-9-4-11(17)6-12(5-9)18-13-2-1-10(15)3-8(13)7-16/h1-6H,17H2. The van der Waals surface area contributed by atoms with Crippen LogP contribution in [0.1, 0.15) is 5.56 Å². The third-order valence-corrected chi connectivity index (χ3v) is 2.88. The minimum absolute atomic E-state index is 0.376. The molecule has 0 amide bonds. The summed E-state index contributed by atoms with van der Waals surface area (Å²) in [6.45, 7) is 0. The molecule has 0 radical (unpaired) electrons. The summed E-state index contributed by atoms with van der Waals surface area (Å²) in [4.78, 5) is 0. The second-order valence-electron chi connectivity index (χ2n) is 3.57. The molecule has 2 aromatic carbocycles. The van der Waals surface area contributed by atoms with E-state index in [1.165, 1.54) is 0 Å². The highest BCUT2D eigenvalue weighted by Crippen LogP contribution is 2.30. The molecule has 2 aromatic rings. The Morgan fingerprint density at radius 2 is 2.00 bits per heavy atom. The number of anilines is 1. The molecule has 2 N–H and O–H groups in total. The van der Waals surface area contributed by atoms with Gasteiger partial charge in [0, 0.05) is 21.2 Å². The van der Waals surface area contributed by atoms with Crippen molar-refractivity contribution in [2.24, 2.45) is 0 Å². The highest BCUT2D eigenvalue weighted by Gasteiger charge is 2.06. The number of nitrogens with zero attached hydrogens (tertiary/aromatic N) is 1. The van der Waals surface area contributed by atoms with Gasteiger partial charge in [-0.15, -0.1) is 0 Å². The number of hydrogen-bond donors (Lipinski definition) is 1. The lowest BCUT2D eigenvalue weighted by atomic mass is 10.2. The van der Waals surface area contributed by atoms with Gasteiger partial charge in [0.15, 0.2) is 0 Å². The van der Waals surface area contributed by atoms with Crippen molar-refractivity contribution in [2.45, 2.75) is 0 Å². The summed E-state index contributed by atoms with van der Waals surface area (Å²) < 4.78 is 6.44. The fourth-order valence-corrected chi connectivity index (χ4v) is 2.11. The first-order chi connectivity index (χ1) is 8.58. The van der Waals surface area contributed by atoms with Gasteiger partial charge < -0.3 is 10.5 Å². The molecule has 0 aliphatic rings. The number of ether oxygens (including phenoxy) is 1. The van der Waals surface area contributed by atoms with Gasteiger partial charge in [-0.05, 0) is 30.3 Å². The Hall–Kier alpha value is -1.70. The summed E-state index contributed by atoms with van der Waals surface area (Å²) in [6.07, 6.45) is 0. The molecule has 0 heterocycles. The predicted octanol–water partition coefficient (Wildman–Crippen LogP) is 4.35. The van der Waals surface area contributed by atoms with Crippen LogP contribution in [0.4, 0.5) is 5.69 Å². The Kier molecular flexibility index (Phi) is 3.75. The quantitative estimate of drug-likeness (QED) is 0.836. The van der Waals surface area contributed by atoms with Gasteiger partial charge in [-0.2, -0.15) is 5.26 Å². The predicted molar refractivity (Wildman–Crippen MR) is 74.8 cm³/mol. The SMILES string of the molecule is N#Cc1cc(Cl)ccc1Oc1cc(N)cc(Br)c1. The van der Waals surface area contributed by atoms with Crippen molar-refractivity contribution in [3.05, 3.63) is 51.5 Å². The Balaban J connectivity index is 2.37. The van der Waals surface area contributed by atoms with Gasteiger partial charge in [-0.3, -0.25) is 0 Å². The third-order valence-electron chi connectivity index (χ3n) is 2.18. The first-order valence-corrected chi connectivity index (χ1v) is 6.19. The smallest absolute Gasteiger partial charge is 0.145 e. The number of nitriles is 1. The molecular weight excluding hydrogens is 316 g/mol. The normalized spacial score (nSPS) is 9.83. The van der Waals surface area contributed by atoms with Crippen molar-refractivity contribution in [3.8, 4) is 17.6 Å². The maximum Gasteiger partial charge on any atom is 0.145 e. The van der Waals surface area contributed by atoms with E-state index in [4.69, 9.17) is 27.3 Å². The lowest BCUT2D eigenvalue weighted by Crippen LogP contribution is -1.91. The molecule has 0 unspecified atom stereocenters. The van der Waals surface area contributed by atoms with Crippen molar-refractivity contribution in [1.82, 2.24) is 0 Å². The molecule has 3 nitrogen and oxygen atoms in total. The minimum atomic E-state index is 0.376. The minimum Gasteiger partial charge on any atom is -0.456 e. The second kappa shape index (κ2) is 5.30. The lowest BCUT2D eigenvalue weighted by Gasteiger charge is -2.08. The van der Waals surface area contributed by atoms with Gasteiger partial charge in [0.05, 0.1) is 5.56 Å². The van der Waals surface area contributed by atoms with Crippen LogP contribution in [0.25, 0.3) is 0 Å². The Morgan fingerprint density at radius 3 is 2.67 bits per heavy atom. The van der Waals surface area contributed by atoms with Gasteiger partial charge in [0.25, 0.3) is 0 Å². The average Bonchev–Trinajstić information content (AvgIpc) is 2.30. The topological polar surface area (TPSA) is 59.0 Å². The van der Waals surface area contributed by atoms with Crippen molar-refractivity contribution >= 4 is 33.2 Å². The number of nitrogen functional groups attached to an aromatic ring is 1. The van der Waals surface area contributed by atoms with Gasteiger partial charge in [0.2, 0.25) is 0 Å². The zero-order valence-electron chi connectivity index (χ0n) is 9.15. The van der Waals surface area contributed by atoms with E-state index < -0.39 is 0 Å². The zero-order chi connectivity index (χ0) is 13.1. The van der Waals surface area contributed by atoms with E-state index in [2.05, 4.69) is 15.9 Å². The van der Waals surface area contributed by atoms with E-state index in [0.717, 1.165) is 4.47 Å². The fraction of sp³-hybridized carbons (Fsp3) is 0. The van der Waals surface area contributed by atoms with E-state index in [0.29, 0.717) is 27.8 Å². The number of nitrogens with two attached hydrogens (primary N) is 1. The van der Waals surface area contributed by atoms with Crippen LogP contribution in [0.15, 0.2) is 40.9 Å². The van der Waals surface area contributed by atoms with Crippen molar-refractivity contribution in [1.29, 1.82) is 5.26 Å². The zero-order valence-corrected chi connectivity index (χ0v) is 11.5. The number of benzene rings is 2. The number of rotatable bonds is 2. The Bertz CT molecular complexity index is 617. The molecule has 0 aliphatic carbocycles. The fourth-order valence-electron chi connectivity index (χ4n) is 1.45. The molecule has 0 aliphatic heterocycles. The van der Waals surface area contributed by atoms with Crippen LogP contribution in [0.3, 0.4) is 0 Å². The molecule has 0 saturated heterocycles. The second-order valence-corrected chi connectivity index (χ2v) is 4.93. The van der Waals surface area contributed by atoms with Crippen LogP contribution < -0.4 is 10.5 Å². The molecule has 0 fully saturated rings. The third kappa shape index (κ3) is 2.95. The molecule has 5 heteroatoms. The molecule has 0 atom stereocenters. The summed E-state index contributed by atoms with van der Waals surface area (Å²) in [7, 11) is 0.